The van der Waals surface area contributed by atoms with E-state index < -0.39 is 0 Å². The fourth-order valence-electron chi connectivity index (χ4n) is 3.48. The first-order valence-electron chi connectivity index (χ1n) is 7.87. The second-order valence-corrected chi connectivity index (χ2v) is 6.29. The summed E-state index contributed by atoms with van der Waals surface area (Å²) >= 11 is 0. The SMILES string of the molecule is NCCC1CCCN(Cc2ccccc2C2CC2)C1. The minimum Gasteiger partial charge on any atom is -0.330 e. The number of nitrogens with zero attached hydrogens (tertiary/aromatic N) is 1. The molecule has 0 amide bonds. The summed E-state index contributed by atoms with van der Waals surface area (Å²) in [6, 6.07) is 9.07. The molecule has 2 heteroatoms. The Morgan fingerprint density at radius 3 is 2.79 bits per heavy atom. The highest BCUT2D eigenvalue weighted by Gasteiger charge is 2.27. The largest absolute Gasteiger partial charge is 0.330 e. The fraction of sp³-hybridized carbons (Fsp3) is 0.647. The van der Waals surface area contributed by atoms with E-state index in [2.05, 4.69) is 29.2 Å². The molecule has 1 saturated heterocycles. The molecule has 1 atom stereocenters. The molecule has 0 spiro atoms. The van der Waals surface area contributed by atoms with Gasteiger partial charge in [0.1, 0.15) is 0 Å². The van der Waals surface area contributed by atoms with Crippen LogP contribution in [0.15, 0.2) is 24.3 Å². The lowest BCUT2D eigenvalue weighted by Gasteiger charge is -2.33. The second-order valence-electron chi connectivity index (χ2n) is 6.29. The molecular formula is C17H26N2. The first kappa shape index (κ1) is 13.1. The second kappa shape index (κ2) is 6.06. The van der Waals surface area contributed by atoms with Gasteiger partial charge in [0.05, 0.1) is 0 Å². The summed E-state index contributed by atoms with van der Waals surface area (Å²) in [6.07, 6.45) is 6.70. The summed E-state index contributed by atoms with van der Waals surface area (Å²) in [5, 5.41) is 0. The van der Waals surface area contributed by atoms with Gasteiger partial charge in [0.2, 0.25) is 0 Å². The third kappa shape index (κ3) is 3.37. The monoisotopic (exact) mass is 258 g/mol. The average Bonchev–Trinajstić information content (AvgIpc) is 3.25. The Kier molecular flexibility index (Phi) is 4.19. The van der Waals surface area contributed by atoms with Gasteiger partial charge in [-0.2, -0.15) is 0 Å². The first-order chi connectivity index (χ1) is 9.36. The van der Waals surface area contributed by atoms with Gasteiger partial charge in [-0.05, 0) is 68.2 Å². The van der Waals surface area contributed by atoms with Gasteiger partial charge in [-0.1, -0.05) is 24.3 Å². The molecule has 1 aliphatic carbocycles. The summed E-state index contributed by atoms with van der Waals surface area (Å²) in [4.78, 5) is 2.64. The maximum atomic E-state index is 5.71. The summed E-state index contributed by atoms with van der Waals surface area (Å²) in [5.41, 5.74) is 8.89. The van der Waals surface area contributed by atoms with Gasteiger partial charge in [-0.3, -0.25) is 4.90 Å². The van der Waals surface area contributed by atoms with Crippen molar-refractivity contribution in [2.24, 2.45) is 11.7 Å². The normalized spacial score (nSPS) is 24.6. The Balaban J connectivity index is 1.64. The van der Waals surface area contributed by atoms with Crippen molar-refractivity contribution in [1.82, 2.24) is 4.90 Å². The van der Waals surface area contributed by atoms with E-state index in [0.29, 0.717) is 0 Å². The third-order valence-electron chi connectivity index (χ3n) is 4.64. The number of piperidine rings is 1. The van der Waals surface area contributed by atoms with E-state index in [1.807, 2.05) is 0 Å². The van der Waals surface area contributed by atoms with Gasteiger partial charge >= 0.3 is 0 Å². The molecule has 1 aromatic rings. The lowest BCUT2D eigenvalue weighted by Crippen LogP contribution is -2.35. The molecule has 2 N–H and O–H groups in total. The predicted molar refractivity (Wildman–Crippen MR) is 80.1 cm³/mol. The molecule has 1 saturated carbocycles. The number of likely N-dealkylation sites (tertiary alicyclic amines) is 1. The van der Waals surface area contributed by atoms with E-state index in [1.165, 1.54) is 45.2 Å². The molecule has 3 rings (SSSR count). The molecule has 19 heavy (non-hydrogen) atoms. The Morgan fingerprint density at radius 2 is 2.00 bits per heavy atom. The molecule has 2 aliphatic rings. The maximum absolute atomic E-state index is 5.71. The van der Waals surface area contributed by atoms with E-state index in [1.54, 1.807) is 11.1 Å². The lowest BCUT2D eigenvalue weighted by molar-refractivity contribution is 0.162. The van der Waals surface area contributed by atoms with Crippen LogP contribution in [-0.4, -0.2) is 24.5 Å². The Bertz CT molecular complexity index is 409. The molecule has 1 aromatic carbocycles. The van der Waals surface area contributed by atoms with Crippen LogP contribution in [0.2, 0.25) is 0 Å². The van der Waals surface area contributed by atoms with Crippen LogP contribution >= 0.6 is 0 Å². The zero-order valence-corrected chi connectivity index (χ0v) is 11.9. The van der Waals surface area contributed by atoms with E-state index in [-0.39, 0.29) is 0 Å². The molecule has 0 aromatic heterocycles. The van der Waals surface area contributed by atoms with Gasteiger partial charge in [0.15, 0.2) is 0 Å². The highest BCUT2D eigenvalue weighted by Crippen LogP contribution is 2.41. The summed E-state index contributed by atoms with van der Waals surface area (Å²) < 4.78 is 0. The molecule has 1 heterocycles. The average molecular weight is 258 g/mol. The Morgan fingerprint density at radius 1 is 1.16 bits per heavy atom. The molecule has 2 fully saturated rings. The minimum absolute atomic E-state index is 0.826. The van der Waals surface area contributed by atoms with E-state index in [9.17, 15) is 0 Å². The smallest absolute Gasteiger partial charge is 0.0236 e. The maximum Gasteiger partial charge on any atom is 0.0236 e. The van der Waals surface area contributed by atoms with Crippen LogP contribution in [0.4, 0.5) is 0 Å². The van der Waals surface area contributed by atoms with Crippen LogP contribution in [0.3, 0.4) is 0 Å². The highest BCUT2D eigenvalue weighted by atomic mass is 15.1. The highest BCUT2D eigenvalue weighted by molar-refractivity contribution is 5.33. The van der Waals surface area contributed by atoms with E-state index in [4.69, 9.17) is 5.73 Å². The van der Waals surface area contributed by atoms with Gasteiger partial charge in [-0.15, -0.1) is 0 Å². The number of rotatable bonds is 5. The molecule has 0 bridgehead atoms. The van der Waals surface area contributed by atoms with Crippen LogP contribution in [-0.2, 0) is 6.54 Å². The molecule has 2 nitrogen and oxygen atoms in total. The molecule has 1 aliphatic heterocycles. The molecular weight excluding hydrogens is 232 g/mol. The number of hydrogen-bond donors (Lipinski definition) is 1. The van der Waals surface area contributed by atoms with Crippen LogP contribution in [0.25, 0.3) is 0 Å². The minimum atomic E-state index is 0.826. The van der Waals surface area contributed by atoms with Crippen LogP contribution in [0.5, 0.6) is 0 Å². The molecule has 104 valence electrons. The lowest BCUT2D eigenvalue weighted by atomic mass is 9.94. The topological polar surface area (TPSA) is 29.3 Å². The van der Waals surface area contributed by atoms with Crippen molar-refractivity contribution >= 4 is 0 Å². The summed E-state index contributed by atoms with van der Waals surface area (Å²) in [6.45, 7) is 4.50. The van der Waals surface area contributed by atoms with Gasteiger partial charge < -0.3 is 5.73 Å². The van der Waals surface area contributed by atoms with Gasteiger partial charge in [-0.25, -0.2) is 0 Å². The van der Waals surface area contributed by atoms with Crippen molar-refractivity contribution in [3.05, 3.63) is 35.4 Å². The van der Waals surface area contributed by atoms with Crippen LogP contribution in [0.1, 0.15) is 49.1 Å². The van der Waals surface area contributed by atoms with E-state index >= 15 is 0 Å². The van der Waals surface area contributed by atoms with Crippen molar-refractivity contribution < 1.29 is 0 Å². The van der Waals surface area contributed by atoms with E-state index in [0.717, 1.165) is 24.9 Å². The van der Waals surface area contributed by atoms with Crippen molar-refractivity contribution in [3.63, 3.8) is 0 Å². The number of hydrogen-bond acceptors (Lipinski definition) is 2. The molecule has 0 radical (unpaired) electrons. The van der Waals surface area contributed by atoms with Gasteiger partial charge in [0, 0.05) is 13.1 Å². The van der Waals surface area contributed by atoms with Crippen molar-refractivity contribution in [2.75, 3.05) is 19.6 Å². The number of benzene rings is 1. The van der Waals surface area contributed by atoms with Crippen LogP contribution < -0.4 is 5.73 Å². The first-order valence-corrected chi connectivity index (χ1v) is 7.87. The van der Waals surface area contributed by atoms with Crippen molar-refractivity contribution in [1.29, 1.82) is 0 Å². The molecule has 1 unspecified atom stereocenters. The predicted octanol–water partition coefficient (Wildman–Crippen LogP) is 3.12. The van der Waals surface area contributed by atoms with Crippen LogP contribution in [0, 0.1) is 5.92 Å². The Hall–Kier alpha value is -0.860. The summed E-state index contributed by atoms with van der Waals surface area (Å²) in [7, 11) is 0. The standard InChI is InChI=1S/C17H26N2/c18-10-9-14-4-3-11-19(12-14)13-16-5-1-2-6-17(16)15-7-8-15/h1-2,5-6,14-15H,3-4,7-13,18H2. The van der Waals surface area contributed by atoms with Crippen molar-refractivity contribution in [2.45, 2.75) is 44.6 Å². The zero-order chi connectivity index (χ0) is 13.1. The fourth-order valence-corrected chi connectivity index (χ4v) is 3.48. The van der Waals surface area contributed by atoms with Crippen molar-refractivity contribution in [3.8, 4) is 0 Å². The van der Waals surface area contributed by atoms with Gasteiger partial charge in [0.25, 0.3) is 0 Å². The zero-order valence-electron chi connectivity index (χ0n) is 11.9. The number of nitrogens with two attached hydrogens (primary N) is 1. The Labute approximate surface area is 117 Å². The third-order valence-corrected chi connectivity index (χ3v) is 4.64. The summed E-state index contributed by atoms with van der Waals surface area (Å²) in [5.74, 6) is 1.69. The quantitative estimate of drug-likeness (QED) is 0.879.